The number of hydrogen-bond donors (Lipinski definition) is 2. The summed E-state index contributed by atoms with van der Waals surface area (Å²) >= 11 is 6.13. The van der Waals surface area contributed by atoms with Gasteiger partial charge >= 0.3 is 6.18 Å². The normalized spacial score (nSPS) is 28.8. The van der Waals surface area contributed by atoms with Gasteiger partial charge in [-0.3, -0.25) is 9.78 Å². The Kier molecular flexibility index (Phi) is 5.59. The van der Waals surface area contributed by atoms with Crippen LogP contribution in [-0.4, -0.2) is 46.2 Å². The van der Waals surface area contributed by atoms with Gasteiger partial charge in [-0.2, -0.15) is 13.2 Å². The molecule has 2 heterocycles. The molecule has 0 bridgehead atoms. The predicted octanol–water partition coefficient (Wildman–Crippen LogP) is 4.09. The Labute approximate surface area is 209 Å². The molecule has 0 saturated heterocycles. The van der Waals surface area contributed by atoms with E-state index >= 15 is 0 Å². The van der Waals surface area contributed by atoms with Crippen molar-refractivity contribution in [3.05, 3.63) is 94.3 Å². The second-order valence-electron chi connectivity index (χ2n) is 9.27. The molecule has 5 unspecified atom stereocenters. The maximum absolute atomic E-state index is 13.4. The molecule has 1 amide bonds. The molecule has 1 aromatic heterocycles. The van der Waals surface area contributed by atoms with Crippen LogP contribution in [0, 0.1) is 5.92 Å². The maximum Gasteiger partial charge on any atom is 0.416 e. The average Bonchev–Trinajstić information content (AvgIpc) is 3.21. The summed E-state index contributed by atoms with van der Waals surface area (Å²) in [5, 5.41) is 24.2. The monoisotopic (exact) mass is 518 g/mol. The average molecular weight is 519 g/mol. The number of rotatable bonds is 3. The first-order valence-electron chi connectivity index (χ1n) is 11.1. The molecule has 2 aliphatic rings. The molecule has 2 aromatic carbocycles. The minimum atomic E-state index is -4.58. The first-order valence-corrected chi connectivity index (χ1v) is 11.5. The van der Waals surface area contributed by atoms with Crippen molar-refractivity contribution in [1.29, 1.82) is 0 Å². The van der Waals surface area contributed by atoms with E-state index in [1.807, 2.05) is 0 Å². The molecular formula is C26H22ClF3N2O4. The lowest BCUT2D eigenvalue weighted by Gasteiger charge is -2.40. The van der Waals surface area contributed by atoms with Crippen molar-refractivity contribution in [2.75, 3.05) is 14.1 Å². The molecular weight excluding hydrogens is 497 g/mol. The molecule has 5 rings (SSSR count). The number of benzene rings is 2. The molecule has 10 heteroatoms. The highest BCUT2D eigenvalue weighted by atomic mass is 35.5. The van der Waals surface area contributed by atoms with Crippen LogP contribution in [0.3, 0.4) is 0 Å². The fourth-order valence-corrected chi connectivity index (χ4v) is 5.76. The fourth-order valence-electron chi connectivity index (χ4n) is 5.61. The first-order chi connectivity index (χ1) is 16.9. The van der Waals surface area contributed by atoms with E-state index in [2.05, 4.69) is 4.98 Å². The smallest absolute Gasteiger partial charge is 0.416 e. The molecule has 0 spiro atoms. The van der Waals surface area contributed by atoms with Crippen molar-refractivity contribution in [3.63, 3.8) is 0 Å². The Bertz CT molecular complexity index is 1320. The van der Waals surface area contributed by atoms with Gasteiger partial charge in [-0.1, -0.05) is 54.1 Å². The van der Waals surface area contributed by atoms with Crippen LogP contribution in [0.5, 0.6) is 5.75 Å². The maximum atomic E-state index is 13.4. The third kappa shape index (κ3) is 3.26. The zero-order valence-electron chi connectivity index (χ0n) is 19.2. The standard InChI is InChI=1S/C26H22ClF3N2O4/c1-32(2)23(34)19-20(14-6-4-3-5-7-14)25(15-8-10-16(11-9-15)26(28,29)30)24(35,22(19)33)21-18(36-25)12-17(27)13-31-21/h3-13,19-20,22,33,35H,1-2H3. The summed E-state index contributed by atoms with van der Waals surface area (Å²) < 4.78 is 46.5. The molecule has 1 aliphatic carbocycles. The van der Waals surface area contributed by atoms with Gasteiger partial charge in [0, 0.05) is 32.3 Å². The lowest BCUT2D eigenvalue weighted by molar-refractivity contribution is -0.157. The number of halogens is 4. The van der Waals surface area contributed by atoms with E-state index in [9.17, 15) is 28.2 Å². The second kappa shape index (κ2) is 8.19. The number of hydrogen-bond acceptors (Lipinski definition) is 5. The van der Waals surface area contributed by atoms with Gasteiger partial charge in [0.15, 0.2) is 11.2 Å². The number of nitrogens with zero attached hydrogens (tertiary/aromatic N) is 2. The van der Waals surface area contributed by atoms with Crippen LogP contribution < -0.4 is 4.74 Å². The number of aliphatic hydroxyl groups is 2. The highest BCUT2D eigenvalue weighted by Crippen LogP contribution is 2.68. The number of amides is 1. The Balaban J connectivity index is 1.84. The Morgan fingerprint density at radius 3 is 2.33 bits per heavy atom. The van der Waals surface area contributed by atoms with Crippen molar-refractivity contribution >= 4 is 17.5 Å². The van der Waals surface area contributed by atoms with Crippen LogP contribution in [0.15, 0.2) is 66.9 Å². The highest BCUT2D eigenvalue weighted by molar-refractivity contribution is 6.30. The van der Waals surface area contributed by atoms with E-state index in [4.69, 9.17) is 16.3 Å². The number of alkyl halides is 3. The van der Waals surface area contributed by atoms with Crippen LogP contribution in [-0.2, 0) is 22.2 Å². The van der Waals surface area contributed by atoms with Crippen LogP contribution >= 0.6 is 11.6 Å². The summed E-state index contributed by atoms with van der Waals surface area (Å²) in [7, 11) is 3.04. The zero-order valence-corrected chi connectivity index (χ0v) is 20.0. The van der Waals surface area contributed by atoms with E-state index in [0.717, 1.165) is 12.1 Å². The van der Waals surface area contributed by atoms with Crippen molar-refractivity contribution in [2.24, 2.45) is 5.92 Å². The fraction of sp³-hybridized carbons (Fsp3) is 0.308. The van der Waals surface area contributed by atoms with Crippen molar-refractivity contribution < 1.29 is 32.9 Å². The number of ether oxygens (including phenoxy) is 1. The summed E-state index contributed by atoms with van der Waals surface area (Å²) in [4.78, 5) is 19.0. The van der Waals surface area contributed by atoms with Gasteiger partial charge in [0.25, 0.3) is 0 Å². The summed E-state index contributed by atoms with van der Waals surface area (Å²) in [5.74, 6) is -2.62. The van der Waals surface area contributed by atoms with Crippen LogP contribution in [0.2, 0.25) is 5.02 Å². The van der Waals surface area contributed by atoms with E-state index < -0.39 is 46.8 Å². The molecule has 1 fully saturated rings. The lowest BCUT2D eigenvalue weighted by atomic mass is 9.71. The van der Waals surface area contributed by atoms with Gasteiger partial charge in [-0.25, -0.2) is 0 Å². The van der Waals surface area contributed by atoms with Gasteiger partial charge in [-0.05, 0) is 23.3 Å². The Morgan fingerprint density at radius 1 is 1.11 bits per heavy atom. The van der Waals surface area contributed by atoms with E-state index in [1.54, 1.807) is 30.3 Å². The molecule has 36 heavy (non-hydrogen) atoms. The molecule has 0 radical (unpaired) electrons. The van der Waals surface area contributed by atoms with Crippen LogP contribution in [0.4, 0.5) is 13.2 Å². The number of pyridine rings is 1. The Hall–Kier alpha value is -3.14. The van der Waals surface area contributed by atoms with Crippen molar-refractivity contribution in [3.8, 4) is 5.75 Å². The number of carbonyl (C=O) groups excluding carboxylic acids is 1. The van der Waals surface area contributed by atoms with Crippen LogP contribution in [0.1, 0.15) is 28.3 Å². The van der Waals surface area contributed by atoms with E-state index in [0.29, 0.717) is 5.56 Å². The zero-order chi connectivity index (χ0) is 26.0. The minimum absolute atomic E-state index is 0.0470. The van der Waals surface area contributed by atoms with Gasteiger partial charge in [0.1, 0.15) is 17.5 Å². The third-order valence-corrected chi connectivity index (χ3v) is 7.32. The van der Waals surface area contributed by atoms with Crippen molar-refractivity contribution in [2.45, 2.75) is 29.4 Å². The first kappa shape index (κ1) is 24.5. The molecule has 188 valence electrons. The van der Waals surface area contributed by atoms with Crippen molar-refractivity contribution in [1.82, 2.24) is 9.88 Å². The van der Waals surface area contributed by atoms with Gasteiger partial charge in [-0.15, -0.1) is 0 Å². The second-order valence-corrected chi connectivity index (χ2v) is 9.71. The van der Waals surface area contributed by atoms with Gasteiger partial charge in [0.05, 0.1) is 16.5 Å². The molecule has 5 atom stereocenters. The van der Waals surface area contributed by atoms with Gasteiger partial charge in [0.2, 0.25) is 5.91 Å². The molecule has 1 aliphatic heterocycles. The number of aliphatic hydroxyl groups excluding tert-OH is 1. The molecule has 6 nitrogen and oxygen atoms in total. The lowest BCUT2D eigenvalue weighted by Crippen LogP contribution is -2.52. The third-order valence-electron chi connectivity index (χ3n) is 7.11. The molecule has 3 aromatic rings. The topological polar surface area (TPSA) is 82.9 Å². The summed E-state index contributed by atoms with van der Waals surface area (Å²) in [6, 6.07) is 14.2. The number of aromatic nitrogens is 1. The minimum Gasteiger partial charge on any atom is -0.476 e. The van der Waals surface area contributed by atoms with Gasteiger partial charge < -0.3 is 19.8 Å². The molecule has 2 N–H and O–H groups in total. The summed E-state index contributed by atoms with van der Waals surface area (Å²) in [5.41, 5.74) is -4.42. The summed E-state index contributed by atoms with van der Waals surface area (Å²) in [6.45, 7) is 0. The summed E-state index contributed by atoms with van der Waals surface area (Å²) in [6.07, 6.45) is -5.02. The van der Waals surface area contributed by atoms with E-state index in [-0.39, 0.29) is 22.0 Å². The van der Waals surface area contributed by atoms with E-state index in [1.165, 1.54) is 43.4 Å². The number of carbonyl (C=O) groups is 1. The quantitative estimate of drug-likeness (QED) is 0.546. The SMILES string of the molecule is CN(C)C(=O)C1C(O)C2(O)c3ncc(Cl)cc3OC2(c2ccc(C(F)(F)F)cc2)C1c1ccccc1. The highest BCUT2D eigenvalue weighted by Gasteiger charge is 2.78. The largest absolute Gasteiger partial charge is 0.476 e. The number of fused-ring (bicyclic) bond motifs is 3. The molecule has 1 saturated carbocycles. The Morgan fingerprint density at radius 2 is 1.75 bits per heavy atom. The predicted molar refractivity (Wildman–Crippen MR) is 124 cm³/mol. The van der Waals surface area contributed by atoms with Crippen LogP contribution in [0.25, 0.3) is 0 Å².